The SMILES string of the molecule is CN(C(=O)OC(C)(C)C)C1CC2CC3CC(C1)N23. The third-order valence-corrected chi connectivity index (χ3v) is 4.67. The van der Waals surface area contributed by atoms with E-state index in [1.165, 1.54) is 12.8 Å². The van der Waals surface area contributed by atoms with E-state index in [0.29, 0.717) is 6.04 Å². The molecule has 4 nitrogen and oxygen atoms in total. The number of hydrogen-bond donors (Lipinski definition) is 0. The van der Waals surface area contributed by atoms with Crippen LogP contribution >= 0.6 is 0 Å². The van der Waals surface area contributed by atoms with Crippen LogP contribution in [-0.2, 0) is 4.74 Å². The molecule has 1 amide bonds. The molecule has 18 heavy (non-hydrogen) atoms. The number of carbonyl (C=O) groups excluding carboxylic acids is 1. The van der Waals surface area contributed by atoms with Gasteiger partial charge in [0, 0.05) is 31.2 Å². The van der Waals surface area contributed by atoms with Crippen LogP contribution in [0.3, 0.4) is 0 Å². The van der Waals surface area contributed by atoms with Gasteiger partial charge in [-0.25, -0.2) is 4.79 Å². The van der Waals surface area contributed by atoms with Crippen molar-refractivity contribution in [3.63, 3.8) is 0 Å². The monoisotopic (exact) mass is 252 g/mol. The van der Waals surface area contributed by atoms with Crippen molar-refractivity contribution >= 4 is 6.09 Å². The first-order valence-corrected chi connectivity index (χ1v) is 7.08. The summed E-state index contributed by atoms with van der Waals surface area (Å²) < 4.78 is 5.45. The van der Waals surface area contributed by atoms with E-state index in [0.717, 1.165) is 31.0 Å². The minimum Gasteiger partial charge on any atom is -0.444 e. The lowest BCUT2D eigenvalue weighted by molar-refractivity contribution is -0.159. The molecule has 102 valence electrons. The molecule has 3 aliphatic heterocycles. The molecule has 3 saturated heterocycles. The summed E-state index contributed by atoms with van der Waals surface area (Å²) in [6.07, 6.45) is 4.77. The highest BCUT2D eigenvalue weighted by molar-refractivity contribution is 5.68. The molecular formula is C14H24N2O2. The fourth-order valence-corrected chi connectivity index (χ4v) is 3.79. The first-order valence-electron chi connectivity index (χ1n) is 7.08. The van der Waals surface area contributed by atoms with Crippen LogP contribution in [0.25, 0.3) is 0 Å². The van der Waals surface area contributed by atoms with E-state index in [1.807, 2.05) is 32.7 Å². The average molecular weight is 252 g/mol. The van der Waals surface area contributed by atoms with Crippen LogP contribution in [0.2, 0.25) is 0 Å². The lowest BCUT2D eigenvalue weighted by Gasteiger charge is -2.66. The summed E-state index contributed by atoms with van der Waals surface area (Å²) in [6.45, 7) is 5.76. The third-order valence-electron chi connectivity index (χ3n) is 4.67. The maximum absolute atomic E-state index is 12.1. The highest BCUT2D eigenvalue weighted by atomic mass is 16.6. The molecule has 0 aromatic heterocycles. The van der Waals surface area contributed by atoms with Gasteiger partial charge >= 0.3 is 6.09 Å². The molecular weight excluding hydrogens is 228 g/mol. The molecule has 0 aromatic carbocycles. The van der Waals surface area contributed by atoms with Crippen LogP contribution < -0.4 is 0 Å². The van der Waals surface area contributed by atoms with E-state index in [4.69, 9.17) is 4.74 Å². The number of nitrogens with zero attached hydrogens (tertiary/aromatic N) is 2. The van der Waals surface area contributed by atoms with Gasteiger partial charge in [-0.3, -0.25) is 4.90 Å². The summed E-state index contributed by atoms with van der Waals surface area (Å²) in [5.74, 6) is 0. The second-order valence-corrected chi connectivity index (χ2v) is 7.10. The van der Waals surface area contributed by atoms with Crippen molar-refractivity contribution in [3.05, 3.63) is 0 Å². The standard InChI is InChI=1S/C14H24N2O2/c1-14(2,3)18-13(17)15(4)9-5-10-7-12-8-11(6-9)16(10)12/h9-12H,5-8H2,1-4H3. The zero-order valence-electron chi connectivity index (χ0n) is 11.8. The number of amides is 1. The molecule has 3 aliphatic rings. The van der Waals surface area contributed by atoms with Gasteiger partial charge in [-0.15, -0.1) is 0 Å². The Kier molecular flexibility index (Phi) is 2.63. The predicted octanol–water partition coefficient (Wildman–Crippen LogP) is 2.23. The van der Waals surface area contributed by atoms with Gasteiger partial charge in [0.15, 0.2) is 0 Å². The van der Waals surface area contributed by atoms with Crippen LogP contribution in [-0.4, -0.2) is 52.7 Å². The molecule has 3 fully saturated rings. The number of piperidine rings is 2. The molecule has 0 N–H and O–H groups in total. The Balaban J connectivity index is 1.59. The van der Waals surface area contributed by atoms with E-state index < -0.39 is 5.60 Å². The fraction of sp³-hybridized carbons (Fsp3) is 0.929. The van der Waals surface area contributed by atoms with Gasteiger partial charge in [0.25, 0.3) is 0 Å². The van der Waals surface area contributed by atoms with Crippen LogP contribution in [0.1, 0.15) is 46.5 Å². The minimum atomic E-state index is -0.399. The third kappa shape index (κ3) is 1.91. The van der Waals surface area contributed by atoms with E-state index in [9.17, 15) is 4.79 Å². The van der Waals surface area contributed by atoms with Gasteiger partial charge < -0.3 is 9.64 Å². The van der Waals surface area contributed by atoms with Crippen molar-refractivity contribution in [3.8, 4) is 0 Å². The molecule has 3 heterocycles. The Morgan fingerprint density at radius 3 is 2.06 bits per heavy atom. The molecule has 0 aliphatic carbocycles. The highest BCUT2D eigenvalue weighted by Crippen LogP contribution is 2.49. The van der Waals surface area contributed by atoms with Crippen molar-refractivity contribution < 1.29 is 9.53 Å². The smallest absolute Gasteiger partial charge is 0.410 e. The van der Waals surface area contributed by atoms with Gasteiger partial charge in [-0.2, -0.15) is 0 Å². The van der Waals surface area contributed by atoms with E-state index in [-0.39, 0.29) is 6.09 Å². The first-order chi connectivity index (χ1) is 8.35. The topological polar surface area (TPSA) is 32.8 Å². The molecule has 0 aromatic rings. The summed E-state index contributed by atoms with van der Waals surface area (Å²) in [6, 6.07) is 2.72. The molecule has 0 bridgehead atoms. The van der Waals surface area contributed by atoms with Gasteiger partial charge in [-0.1, -0.05) is 0 Å². The van der Waals surface area contributed by atoms with Gasteiger partial charge in [0.05, 0.1) is 0 Å². The summed E-state index contributed by atoms with van der Waals surface area (Å²) in [5.41, 5.74) is -0.399. The Morgan fingerprint density at radius 1 is 1.11 bits per heavy atom. The Labute approximate surface area is 109 Å². The molecule has 3 rings (SSSR count). The minimum absolute atomic E-state index is 0.170. The maximum atomic E-state index is 12.1. The second-order valence-electron chi connectivity index (χ2n) is 7.10. The van der Waals surface area contributed by atoms with Crippen LogP contribution in [0.15, 0.2) is 0 Å². The number of carbonyl (C=O) groups is 1. The van der Waals surface area contributed by atoms with Gasteiger partial charge in [-0.05, 0) is 46.5 Å². The summed E-state index contributed by atoms with van der Waals surface area (Å²) in [5, 5.41) is 0. The molecule has 4 heteroatoms. The van der Waals surface area contributed by atoms with Crippen molar-refractivity contribution in [1.82, 2.24) is 9.80 Å². The van der Waals surface area contributed by atoms with E-state index in [1.54, 1.807) is 0 Å². The summed E-state index contributed by atoms with van der Waals surface area (Å²) in [7, 11) is 1.89. The highest BCUT2D eigenvalue weighted by Gasteiger charge is 2.55. The first kappa shape index (κ1) is 12.3. The van der Waals surface area contributed by atoms with E-state index in [2.05, 4.69) is 4.90 Å². The van der Waals surface area contributed by atoms with Crippen molar-refractivity contribution in [1.29, 1.82) is 0 Å². The molecule has 0 spiro atoms. The zero-order chi connectivity index (χ0) is 13.1. The van der Waals surface area contributed by atoms with Crippen LogP contribution in [0.5, 0.6) is 0 Å². The quantitative estimate of drug-likeness (QED) is 0.717. The average Bonchev–Trinajstić information content (AvgIpc) is 2.16. The van der Waals surface area contributed by atoms with Gasteiger partial charge in [0.1, 0.15) is 5.60 Å². The Morgan fingerprint density at radius 2 is 1.61 bits per heavy atom. The largest absolute Gasteiger partial charge is 0.444 e. The van der Waals surface area contributed by atoms with Crippen LogP contribution in [0, 0.1) is 0 Å². The van der Waals surface area contributed by atoms with Crippen molar-refractivity contribution in [2.24, 2.45) is 0 Å². The van der Waals surface area contributed by atoms with Crippen molar-refractivity contribution in [2.45, 2.75) is 76.2 Å². The number of rotatable bonds is 1. The maximum Gasteiger partial charge on any atom is 0.410 e. The normalized spacial score (nSPS) is 38.2. The van der Waals surface area contributed by atoms with E-state index >= 15 is 0 Å². The van der Waals surface area contributed by atoms with Crippen LogP contribution in [0.4, 0.5) is 4.79 Å². The van der Waals surface area contributed by atoms with Crippen molar-refractivity contribution in [2.75, 3.05) is 7.05 Å². The lowest BCUT2D eigenvalue weighted by Crippen LogP contribution is -2.74. The fourth-order valence-electron chi connectivity index (χ4n) is 3.79. The number of ether oxygens (including phenoxy) is 1. The Bertz CT molecular complexity index is 347. The summed E-state index contributed by atoms with van der Waals surface area (Å²) >= 11 is 0. The summed E-state index contributed by atoms with van der Waals surface area (Å²) in [4.78, 5) is 16.6. The molecule has 2 atom stereocenters. The van der Waals surface area contributed by atoms with Gasteiger partial charge in [0.2, 0.25) is 0 Å². The molecule has 0 saturated carbocycles. The second kappa shape index (κ2) is 3.86. The Hall–Kier alpha value is -0.770. The lowest BCUT2D eigenvalue weighted by atomic mass is 9.68. The molecule has 0 radical (unpaired) electrons. The predicted molar refractivity (Wildman–Crippen MR) is 69.5 cm³/mol. The molecule has 2 unspecified atom stereocenters. The number of hydrogen-bond acceptors (Lipinski definition) is 3. The zero-order valence-corrected chi connectivity index (χ0v) is 11.8.